The molecule has 9 nitrogen and oxygen atoms in total. The Kier molecular flexibility index (Phi) is 7.87. The Hall–Kier alpha value is -3.89. The number of anilines is 2. The topological polar surface area (TPSA) is 143 Å². The fourth-order valence-electron chi connectivity index (χ4n) is 3.54. The minimum absolute atomic E-state index is 0.129. The Morgan fingerprint density at radius 1 is 1.14 bits per heavy atom. The molecule has 0 fully saturated rings. The van der Waals surface area contributed by atoms with E-state index in [-0.39, 0.29) is 22.2 Å². The van der Waals surface area contributed by atoms with E-state index in [1.807, 2.05) is 30.5 Å². The third-order valence-electron chi connectivity index (χ3n) is 5.35. The first-order valence-electron chi connectivity index (χ1n) is 11.0. The molecule has 0 aliphatic heterocycles. The summed E-state index contributed by atoms with van der Waals surface area (Å²) in [4.78, 5) is 49.0. The average Bonchev–Trinajstić information content (AvgIpc) is 2.87. The monoisotopic (exact) mass is 522 g/mol. The van der Waals surface area contributed by atoms with Crippen LogP contribution in [0.4, 0.5) is 11.4 Å². The summed E-state index contributed by atoms with van der Waals surface area (Å²) in [5.74, 6) is -0.978. The number of hydrogen-bond acceptors (Lipinski definition) is 7. The van der Waals surface area contributed by atoms with E-state index >= 15 is 0 Å². The number of carbonyl (C=O) groups excluding carboxylic acids is 2. The van der Waals surface area contributed by atoms with Gasteiger partial charge in [-0.15, -0.1) is 0 Å². The maximum absolute atomic E-state index is 12.9. The van der Waals surface area contributed by atoms with Crippen molar-refractivity contribution in [2.24, 2.45) is 0 Å². The Balaban J connectivity index is 1.42. The van der Waals surface area contributed by atoms with Crippen LogP contribution in [0.15, 0.2) is 64.7 Å². The number of aryl methyl sites for hydroxylation is 1. The van der Waals surface area contributed by atoms with Gasteiger partial charge in [0.05, 0.1) is 10.7 Å². The van der Waals surface area contributed by atoms with E-state index in [2.05, 4.69) is 25.6 Å². The number of thioether (sulfide) groups is 1. The highest BCUT2D eigenvalue weighted by Gasteiger charge is 2.16. The fourth-order valence-corrected chi connectivity index (χ4v) is 4.05. The molecule has 0 saturated heterocycles. The number of aromatic amines is 1. The molecule has 11 heteroatoms. The van der Waals surface area contributed by atoms with Crippen molar-refractivity contribution in [3.8, 4) is 0 Å². The second-order valence-corrected chi connectivity index (χ2v) is 9.11. The first-order valence-corrected chi connectivity index (χ1v) is 12.6. The maximum atomic E-state index is 12.9. The highest BCUT2D eigenvalue weighted by atomic mass is 35.5. The molecular formula is C25H23ClN6O3S. The summed E-state index contributed by atoms with van der Waals surface area (Å²) in [5, 5.41) is 6.71. The minimum atomic E-state index is -0.673. The molecule has 0 aliphatic rings. The number of nitrogens with two attached hydrogens (primary N) is 1. The molecule has 2 amide bonds. The van der Waals surface area contributed by atoms with Gasteiger partial charge in [-0.2, -0.15) is 0 Å². The number of pyridine rings is 1. The number of nitrogen functional groups attached to an aromatic ring is 1. The molecule has 0 atom stereocenters. The van der Waals surface area contributed by atoms with Crippen LogP contribution in [0.1, 0.15) is 32.7 Å². The predicted molar refractivity (Wildman–Crippen MR) is 143 cm³/mol. The number of rotatable bonds is 8. The Morgan fingerprint density at radius 3 is 2.75 bits per heavy atom. The molecule has 0 spiro atoms. The van der Waals surface area contributed by atoms with E-state index in [0.717, 1.165) is 18.4 Å². The van der Waals surface area contributed by atoms with Crippen LogP contribution in [-0.4, -0.2) is 39.6 Å². The van der Waals surface area contributed by atoms with Gasteiger partial charge in [0.1, 0.15) is 11.2 Å². The van der Waals surface area contributed by atoms with Gasteiger partial charge in [0.15, 0.2) is 5.16 Å². The van der Waals surface area contributed by atoms with Crippen molar-refractivity contribution >= 4 is 57.6 Å². The lowest BCUT2D eigenvalue weighted by Crippen LogP contribution is -2.25. The number of nitrogens with zero attached hydrogens (tertiary/aromatic N) is 2. The third-order valence-corrected chi connectivity index (χ3v) is 6.25. The lowest BCUT2D eigenvalue weighted by Gasteiger charge is -2.11. The molecule has 0 radical (unpaired) electrons. The van der Waals surface area contributed by atoms with Crippen LogP contribution >= 0.6 is 23.4 Å². The highest BCUT2D eigenvalue weighted by molar-refractivity contribution is 7.98. The molecular weight excluding hydrogens is 500 g/mol. The van der Waals surface area contributed by atoms with Crippen LogP contribution < -0.4 is 21.9 Å². The van der Waals surface area contributed by atoms with E-state index in [9.17, 15) is 14.4 Å². The summed E-state index contributed by atoms with van der Waals surface area (Å²) in [6.45, 7) is 0.463. The smallest absolute Gasteiger partial charge is 0.262 e. The minimum Gasteiger partial charge on any atom is -0.399 e. The van der Waals surface area contributed by atoms with Crippen LogP contribution in [0.2, 0.25) is 5.02 Å². The zero-order chi connectivity index (χ0) is 25.7. The molecule has 5 N–H and O–H groups in total. The van der Waals surface area contributed by atoms with Crippen LogP contribution in [0.3, 0.4) is 0 Å². The Labute approximate surface area is 215 Å². The summed E-state index contributed by atoms with van der Waals surface area (Å²) >= 11 is 7.58. The van der Waals surface area contributed by atoms with Gasteiger partial charge in [0.25, 0.3) is 17.4 Å². The molecule has 0 bridgehead atoms. The van der Waals surface area contributed by atoms with E-state index in [1.165, 1.54) is 36.2 Å². The van der Waals surface area contributed by atoms with Gasteiger partial charge in [0, 0.05) is 29.4 Å². The van der Waals surface area contributed by atoms with Crippen molar-refractivity contribution in [1.29, 1.82) is 0 Å². The van der Waals surface area contributed by atoms with Crippen molar-refractivity contribution < 1.29 is 9.59 Å². The summed E-state index contributed by atoms with van der Waals surface area (Å²) in [5.41, 5.74) is 7.74. The van der Waals surface area contributed by atoms with Crippen molar-refractivity contribution in [3.63, 3.8) is 0 Å². The summed E-state index contributed by atoms with van der Waals surface area (Å²) in [6, 6.07) is 13.6. The molecule has 2 aromatic carbocycles. The first kappa shape index (κ1) is 25.2. The number of fused-ring (bicyclic) bond motifs is 1. The average molecular weight is 523 g/mol. The van der Waals surface area contributed by atoms with Gasteiger partial charge in [0.2, 0.25) is 0 Å². The largest absolute Gasteiger partial charge is 0.399 e. The van der Waals surface area contributed by atoms with E-state index in [1.54, 1.807) is 6.07 Å². The first-order chi connectivity index (χ1) is 17.3. The van der Waals surface area contributed by atoms with Crippen LogP contribution in [-0.2, 0) is 6.42 Å². The summed E-state index contributed by atoms with van der Waals surface area (Å²) in [7, 11) is 0. The molecule has 4 rings (SSSR count). The number of nitrogens with one attached hydrogen (secondary N) is 3. The van der Waals surface area contributed by atoms with Crippen molar-refractivity contribution in [2.75, 3.05) is 23.9 Å². The number of H-pyrrole nitrogens is 1. The zero-order valence-electron chi connectivity index (χ0n) is 19.3. The van der Waals surface area contributed by atoms with Crippen molar-refractivity contribution in [2.45, 2.75) is 18.0 Å². The number of hydrogen-bond donors (Lipinski definition) is 4. The van der Waals surface area contributed by atoms with E-state index < -0.39 is 11.5 Å². The molecule has 4 aromatic rings. The molecule has 2 heterocycles. The second-order valence-electron chi connectivity index (χ2n) is 7.93. The van der Waals surface area contributed by atoms with E-state index in [4.69, 9.17) is 17.3 Å². The fraction of sp³-hybridized carbons (Fsp3) is 0.160. The third kappa shape index (κ3) is 6.02. The molecule has 2 aromatic heterocycles. The van der Waals surface area contributed by atoms with Crippen molar-refractivity contribution in [3.05, 3.63) is 86.8 Å². The van der Waals surface area contributed by atoms with Crippen molar-refractivity contribution in [1.82, 2.24) is 20.3 Å². The number of benzene rings is 2. The molecule has 0 saturated carbocycles. The number of halogens is 1. The van der Waals surface area contributed by atoms with Gasteiger partial charge in [-0.25, -0.2) is 9.97 Å². The molecule has 184 valence electrons. The second kappa shape index (κ2) is 11.2. The maximum Gasteiger partial charge on any atom is 0.262 e. The summed E-state index contributed by atoms with van der Waals surface area (Å²) < 4.78 is 0. The Morgan fingerprint density at radius 2 is 1.97 bits per heavy atom. The van der Waals surface area contributed by atoms with Crippen LogP contribution in [0, 0.1) is 0 Å². The van der Waals surface area contributed by atoms with E-state index in [0.29, 0.717) is 34.0 Å². The lowest BCUT2D eigenvalue weighted by atomic mass is 10.1. The van der Waals surface area contributed by atoms with Gasteiger partial charge in [-0.3, -0.25) is 14.4 Å². The van der Waals surface area contributed by atoms with Gasteiger partial charge >= 0.3 is 0 Å². The predicted octanol–water partition coefficient (Wildman–Crippen LogP) is 3.89. The van der Waals surface area contributed by atoms with Gasteiger partial charge in [-0.1, -0.05) is 35.5 Å². The quantitative estimate of drug-likeness (QED) is 0.119. The van der Waals surface area contributed by atoms with Crippen LogP contribution in [0.5, 0.6) is 0 Å². The number of amides is 2. The number of aromatic nitrogens is 3. The molecule has 36 heavy (non-hydrogen) atoms. The standard InChI is InChI=1S/C25H23ClN6O3S/c1-36-25-29-13-16-11-18(24(35)31-21(16)32-25)23(34)30-20-12-15(7-8-19(20)26)22(33)28-9-3-5-14-4-2-6-17(27)10-14/h2,4,6-8,10-13H,3,5,9,27H2,1H3,(H,28,33)(H,30,34)(H,29,31,32,35). The zero-order valence-corrected chi connectivity index (χ0v) is 20.9. The molecule has 0 aliphatic carbocycles. The van der Waals surface area contributed by atoms with Gasteiger partial charge in [-0.05, 0) is 61.1 Å². The van der Waals surface area contributed by atoms with Crippen LogP contribution in [0.25, 0.3) is 11.0 Å². The normalized spacial score (nSPS) is 10.8. The highest BCUT2D eigenvalue weighted by Crippen LogP contribution is 2.24. The number of carbonyl (C=O) groups is 2. The van der Waals surface area contributed by atoms with Gasteiger partial charge < -0.3 is 21.4 Å². The summed E-state index contributed by atoms with van der Waals surface area (Å²) in [6.07, 6.45) is 4.86. The Bertz CT molecular complexity index is 1510. The lowest BCUT2D eigenvalue weighted by molar-refractivity contribution is 0.0951. The molecule has 0 unspecified atom stereocenters. The SMILES string of the molecule is CSc1ncc2cc(C(=O)Nc3cc(C(=O)NCCCc4cccc(N)c4)ccc3Cl)c(=O)[nH]c2n1.